The normalized spacial score (nSPS) is 10.7. The molecule has 0 saturated carbocycles. The molecule has 0 fully saturated rings. The summed E-state index contributed by atoms with van der Waals surface area (Å²) in [7, 11) is 2.81. The largest absolute Gasteiger partial charge is 0.138 e. The quantitative estimate of drug-likeness (QED) is 0.330. The first kappa shape index (κ1) is 14.4. The van der Waals surface area contributed by atoms with E-state index in [9.17, 15) is 0 Å². The Morgan fingerprint density at radius 1 is 0.571 bits per heavy atom. The standard InChI is InChI=1S/C13H29P/c1-2-3-4-5-6-7-8-9-10-11-12-13-14/h2-14H2,1H3. The van der Waals surface area contributed by atoms with E-state index in [1.165, 1.54) is 76.8 Å². The molecule has 0 N–H and O–H groups in total. The van der Waals surface area contributed by atoms with Gasteiger partial charge in [-0.1, -0.05) is 71.1 Å². The van der Waals surface area contributed by atoms with Gasteiger partial charge in [0, 0.05) is 0 Å². The molecule has 1 heteroatoms. The van der Waals surface area contributed by atoms with Crippen molar-refractivity contribution in [1.82, 2.24) is 0 Å². The third-order valence-electron chi connectivity index (χ3n) is 2.81. The van der Waals surface area contributed by atoms with E-state index >= 15 is 0 Å². The molecular weight excluding hydrogens is 187 g/mol. The van der Waals surface area contributed by atoms with Crippen LogP contribution in [0.1, 0.15) is 77.6 Å². The van der Waals surface area contributed by atoms with Gasteiger partial charge in [0.15, 0.2) is 0 Å². The molecule has 0 heterocycles. The van der Waals surface area contributed by atoms with Crippen molar-refractivity contribution >= 4 is 9.24 Å². The van der Waals surface area contributed by atoms with Crippen molar-refractivity contribution in [3.05, 3.63) is 0 Å². The summed E-state index contributed by atoms with van der Waals surface area (Å²) in [4.78, 5) is 0. The van der Waals surface area contributed by atoms with Crippen LogP contribution < -0.4 is 0 Å². The summed E-state index contributed by atoms with van der Waals surface area (Å²) in [5, 5.41) is 0. The van der Waals surface area contributed by atoms with Crippen LogP contribution in [0.3, 0.4) is 0 Å². The third-order valence-corrected chi connectivity index (χ3v) is 3.22. The zero-order chi connectivity index (χ0) is 10.5. The lowest BCUT2D eigenvalue weighted by atomic mass is 10.1. The van der Waals surface area contributed by atoms with Crippen molar-refractivity contribution in [2.75, 3.05) is 6.16 Å². The van der Waals surface area contributed by atoms with Crippen LogP contribution in [0.5, 0.6) is 0 Å². The Hall–Kier alpha value is 0.430. The van der Waals surface area contributed by atoms with Crippen molar-refractivity contribution in [1.29, 1.82) is 0 Å². The summed E-state index contributed by atoms with van der Waals surface area (Å²) in [6.07, 6.45) is 17.2. The fourth-order valence-electron chi connectivity index (χ4n) is 1.81. The lowest BCUT2D eigenvalue weighted by Crippen LogP contribution is -1.82. The van der Waals surface area contributed by atoms with E-state index in [1.807, 2.05) is 0 Å². The number of hydrogen-bond acceptors (Lipinski definition) is 0. The highest BCUT2D eigenvalue weighted by Gasteiger charge is 1.91. The average Bonchev–Trinajstić information content (AvgIpc) is 2.21. The molecule has 1 atom stereocenters. The maximum Gasteiger partial charge on any atom is -0.0381 e. The molecule has 0 aliphatic heterocycles. The Morgan fingerprint density at radius 2 is 0.929 bits per heavy atom. The molecule has 0 nitrogen and oxygen atoms in total. The van der Waals surface area contributed by atoms with Gasteiger partial charge < -0.3 is 0 Å². The fraction of sp³-hybridized carbons (Fsp3) is 1.00. The Kier molecular flexibility index (Phi) is 13.8. The van der Waals surface area contributed by atoms with Crippen LogP contribution in [0.15, 0.2) is 0 Å². The van der Waals surface area contributed by atoms with E-state index in [4.69, 9.17) is 0 Å². The van der Waals surface area contributed by atoms with Crippen molar-refractivity contribution in [2.45, 2.75) is 77.6 Å². The molecule has 0 aliphatic carbocycles. The molecular formula is C13H29P. The Bertz CT molecular complexity index is 79.2. The topological polar surface area (TPSA) is 0 Å². The first-order valence-corrected chi connectivity index (χ1v) is 7.43. The summed E-state index contributed by atoms with van der Waals surface area (Å²) in [6.45, 7) is 2.28. The Balaban J connectivity index is 2.78. The van der Waals surface area contributed by atoms with E-state index in [0.717, 1.165) is 0 Å². The smallest absolute Gasteiger partial charge is 0.0381 e. The zero-order valence-corrected chi connectivity index (χ0v) is 11.2. The minimum atomic E-state index is 1.29. The van der Waals surface area contributed by atoms with E-state index in [0.29, 0.717) is 0 Å². The monoisotopic (exact) mass is 216 g/mol. The van der Waals surface area contributed by atoms with E-state index < -0.39 is 0 Å². The third kappa shape index (κ3) is 12.4. The van der Waals surface area contributed by atoms with Gasteiger partial charge in [0.2, 0.25) is 0 Å². The molecule has 0 aromatic rings. The predicted molar refractivity (Wildman–Crippen MR) is 71.0 cm³/mol. The van der Waals surface area contributed by atoms with Gasteiger partial charge in [-0.2, -0.15) is 0 Å². The number of hydrogen-bond donors (Lipinski definition) is 0. The van der Waals surface area contributed by atoms with Crippen molar-refractivity contribution in [2.24, 2.45) is 0 Å². The minimum Gasteiger partial charge on any atom is -0.138 e. The van der Waals surface area contributed by atoms with Crippen LogP contribution in [0.4, 0.5) is 0 Å². The van der Waals surface area contributed by atoms with Crippen molar-refractivity contribution in [3.63, 3.8) is 0 Å². The molecule has 1 unspecified atom stereocenters. The van der Waals surface area contributed by atoms with Gasteiger partial charge >= 0.3 is 0 Å². The molecule has 0 saturated heterocycles. The maximum atomic E-state index is 2.81. The maximum absolute atomic E-state index is 2.81. The van der Waals surface area contributed by atoms with Gasteiger partial charge in [-0.25, -0.2) is 0 Å². The highest BCUT2D eigenvalue weighted by Crippen LogP contribution is 2.11. The minimum absolute atomic E-state index is 1.29. The summed E-state index contributed by atoms with van der Waals surface area (Å²) in [5.74, 6) is 0. The van der Waals surface area contributed by atoms with Gasteiger partial charge in [-0.15, -0.1) is 9.24 Å². The Morgan fingerprint density at radius 3 is 1.29 bits per heavy atom. The molecule has 0 aromatic heterocycles. The first-order chi connectivity index (χ1) is 6.91. The van der Waals surface area contributed by atoms with Crippen molar-refractivity contribution in [3.8, 4) is 0 Å². The molecule has 86 valence electrons. The van der Waals surface area contributed by atoms with Gasteiger partial charge in [-0.05, 0) is 12.6 Å². The number of rotatable bonds is 11. The van der Waals surface area contributed by atoms with Crippen LogP contribution in [-0.2, 0) is 0 Å². The second kappa shape index (κ2) is 13.4. The molecule has 14 heavy (non-hydrogen) atoms. The lowest BCUT2D eigenvalue weighted by molar-refractivity contribution is 0.555. The summed E-state index contributed by atoms with van der Waals surface area (Å²) >= 11 is 0. The molecule has 0 amide bonds. The van der Waals surface area contributed by atoms with Gasteiger partial charge in [0.25, 0.3) is 0 Å². The fourth-order valence-corrected chi connectivity index (χ4v) is 2.10. The molecule has 0 aliphatic rings. The SMILES string of the molecule is CCCCCCCCCCCCCP. The second-order valence-corrected chi connectivity index (χ2v) is 4.90. The summed E-state index contributed by atoms with van der Waals surface area (Å²) in [5.41, 5.74) is 0. The second-order valence-electron chi connectivity index (χ2n) is 4.32. The zero-order valence-electron chi connectivity index (χ0n) is 10.1. The molecule has 0 aromatic carbocycles. The highest BCUT2D eigenvalue weighted by atomic mass is 31.0. The van der Waals surface area contributed by atoms with Crippen LogP contribution >= 0.6 is 9.24 Å². The molecule has 0 bridgehead atoms. The van der Waals surface area contributed by atoms with Gasteiger partial charge in [0.05, 0.1) is 0 Å². The summed E-state index contributed by atoms with van der Waals surface area (Å²) < 4.78 is 0. The molecule has 0 spiro atoms. The van der Waals surface area contributed by atoms with E-state index in [-0.39, 0.29) is 0 Å². The van der Waals surface area contributed by atoms with Crippen LogP contribution in [-0.4, -0.2) is 6.16 Å². The van der Waals surface area contributed by atoms with Gasteiger partial charge in [0.1, 0.15) is 0 Å². The van der Waals surface area contributed by atoms with Crippen molar-refractivity contribution < 1.29 is 0 Å². The first-order valence-electron chi connectivity index (χ1n) is 6.62. The van der Waals surface area contributed by atoms with E-state index in [1.54, 1.807) is 0 Å². The number of unbranched alkanes of at least 4 members (excludes halogenated alkanes) is 10. The molecule has 0 rings (SSSR count). The molecule has 0 radical (unpaired) electrons. The van der Waals surface area contributed by atoms with E-state index in [2.05, 4.69) is 16.2 Å². The van der Waals surface area contributed by atoms with Crippen LogP contribution in [0, 0.1) is 0 Å². The predicted octanol–water partition coefficient (Wildman–Crippen LogP) is 5.17. The lowest BCUT2D eigenvalue weighted by Gasteiger charge is -2.01. The van der Waals surface area contributed by atoms with Gasteiger partial charge in [-0.3, -0.25) is 0 Å². The average molecular weight is 216 g/mol. The summed E-state index contributed by atoms with van der Waals surface area (Å²) in [6, 6.07) is 0. The van der Waals surface area contributed by atoms with Crippen LogP contribution in [0.2, 0.25) is 0 Å². The van der Waals surface area contributed by atoms with Crippen LogP contribution in [0.25, 0.3) is 0 Å². The Labute approximate surface area is 93.4 Å². The highest BCUT2D eigenvalue weighted by molar-refractivity contribution is 7.16.